The predicted octanol–water partition coefficient (Wildman–Crippen LogP) is 1.86. The van der Waals surface area contributed by atoms with Gasteiger partial charge in [0.25, 0.3) is 5.91 Å². The molecule has 1 N–H and O–H groups in total. The van der Waals surface area contributed by atoms with Crippen LogP contribution in [0.1, 0.15) is 22.6 Å². The van der Waals surface area contributed by atoms with Crippen LogP contribution in [-0.2, 0) is 20.4 Å². The highest BCUT2D eigenvalue weighted by Gasteiger charge is 2.36. The summed E-state index contributed by atoms with van der Waals surface area (Å²) in [6.45, 7) is 1.21. The van der Waals surface area contributed by atoms with E-state index in [1.165, 1.54) is 20.3 Å². The fourth-order valence-corrected chi connectivity index (χ4v) is 2.84. The molecule has 8 nitrogen and oxygen atoms in total. The lowest BCUT2D eigenvalue weighted by atomic mass is 10.2. The summed E-state index contributed by atoms with van der Waals surface area (Å²) >= 11 is 0. The monoisotopic (exact) mass is 424 g/mol. The molecule has 0 unspecified atom stereocenters. The summed E-state index contributed by atoms with van der Waals surface area (Å²) in [5.74, 6) is 4.32. The molecular formula is C19H19F3N4O4. The van der Waals surface area contributed by atoms with Crippen LogP contribution in [0, 0.1) is 11.8 Å². The highest BCUT2D eigenvalue weighted by molar-refractivity contribution is 6.00. The minimum atomic E-state index is -4.74. The Kier molecular flexibility index (Phi) is 6.47. The van der Waals surface area contributed by atoms with E-state index in [1.807, 2.05) is 0 Å². The highest BCUT2D eigenvalue weighted by Crippen LogP contribution is 2.29. The van der Waals surface area contributed by atoms with E-state index < -0.39 is 17.9 Å². The van der Waals surface area contributed by atoms with E-state index >= 15 is 0 Å². The van der Waals surface area contributed by atoms with Crippen molar-refractivity contribution in [3.05, 3.63) is 40.9 Å². The third-order valence-electron chi connectivity index (χ3n) is 4.31. The molecule has 2 heterocycles. The van der Waals surface area contributed by atoms with Gasteiger partial charge < -0.3 is 24.4 Å². The van der Waals surface area contributed by atoms with Crippen molar-refractivity contribution in [1.82, 2.24) is 15.3 Å². The molecule has 11 heteroatoms. The SMILES string of the molecule is COC1=C(OC)CC#CC(NC(=O)c2cnc(C(F)(F)F)nc2N2CCOCC2)=C1. The largest absolute Gasteiger partial charge is 0.496 e. The number of alkyl halides is 3. The number of hydrogen-bond acceptors (Lipinski definition) is 7. The first-order chi connectivity index (χ1) is 14.3. The number of nitrogens with one attached hydrogen (secondary N) is 1. The molecule has 1 saturated heterocycles. The van der Waals surface area contributed by atoms with Gasteiger partial charge in [0.1, 0.15) is 17.1 Å². The Balaban J connectivity index is 1.94. The lowest BCUT2D eigenvalue weighted by molar-refractivity contribution is -0.144. The van der Waals surface area contributed by atoms with Crippen LogP contribution in [0.25, 0.3) is 0 Å². The van der Waals surface area contributed by atoms with Gasteiger partial charge in [0.05, 0.1) is 39.6 Å². The van der Waals surface area contributed by atoms with Gasteiger partial charge in [0.15, 0.2) is 5.76 Å². The molecule has 1 aliphatic carbocycles. The molecule has 160 valence electrons. The Morgan fingerprint density at radius 2 is 2.00 bits per heavy atom. The fraction of sp³-hybridized carbons (Fsp3) is 0.421. The Labute approximate surface area is 170 Å². The van der Waals surface area contributed by atoms with Crippen LogP contribution in [0.4, 0.5) is 19.0 Å². The van der Waals surface area contributed by atoms with Crippen molar-refractivity contribution >= 4 is 11.7 Å². The van der Waals surface area contributed by atoms with Gasteiger partial charge in [-0.05, 0) is 5.92 Å². The van der Waals surface area contributed by atoms with E-state index in [0.29, 0.717) is 37.8 Å². The van der Waals surface area contributed by atoms with E-state index in [4.69, 9.17) is 14.2 Å². The smallest absolute Gasteiger partial charge is 0.451 e. The number of amides is 1. The number of rotatable bonds is 5. The van der Waals surface area contributed by atoms with Crippen molar-refractivity contribution in [1.29, 1.82) is 0 Å². The number of halogens is 3. The summed E-state index contributed by atoms with van der Waals surface area (Å²) in [6.07, 6.45) is -2.11. The molecule has 3 rings (SSSR count). The molecule has 0 aromatic carbocycles. The average Bonchev–Trinajstić information content (AvgIpc) is 2.94. The summed E-state index contributed by atoms with van der Waals surface area (Å²) in [4.78, 5) is 21.4. The third kappa shape index (κ3) is 4.83. The Bertz CT molecular complexity index is 941. The molecule has 2 aliphatic rings. The average molecular weight is 424 g/mol. The predicted molar refractivity (Wildman–Crippen MR) is 99.1 cm³/mol. The molecule has 0 spiro atoms. The van der Waals surface area contributed by atoms with Crippen molar-refractivity contribution in [3.8, 4) is 11.8 Å². The maximum atomic E-state index is 13.1. The fourth-order valence-electron chi connectivity index (χ4n) is 2.84. The number of methoxy groups -OCH3 is 2. The molecule has 1 aliphatic heterocycles. The first-order valence-corrected chi connectivity index (χ1v) is 8.93. The number of ether oxygens (including phenoxy) is 3. The lowest BCUT2D eigenvalue weighted by Gasteiger charge is -2.29. The Morgan fingerprint density at radius 3 is 2.63 bits per heavy atom. The maximum absolute atomic E-state index is 13.1. The van der Waals surface area contributed by atoms with Gasteiger partial charge in [-0.2, -0.15) is 13.2 Å². The van der Waals surface area contributed by atoms with Crippen LogP contribution in [-0.4, -0.2) is 56.4 Å². The Hall–Kier alpha value is -3.26. The number of carbonyl (C=O) groups is 1. The number of morpholine rings is 1. The topological polar surface area (TPSA) is 85.8 Å². The first-order valence-electron chi connectivity index (χ1n) is 8.93. The summed E-state index contributed by atoms with van der Waals surface area (Å²) in [5.41, 5.74) is 0.100. The van der Waals surface area contributed by atoms with Crippen LogP contribution < -0.4 is 10.2 Å². The number of allylic oxidation sites excluding steroid dienone is 3. The summed E-state index contributed by atoms with van der Waals surface area (Å²) in [5, 5.41) is 2.58. The van der Waals surface area contributed by atoms with Crippen LogP contribution in [0.2, 0.25) is 0 Å². The molecule has 0 saturated carbocycles. The van der Waals surface area contributed by atoms with E-state index in [1.54, 1.807) is 4.90 Å². The molecule has 1 amide bonds. The molecule has 30 heavy (non-hydrogen) atoms. The van der Waals surface area contributed by atoms with Gasteiger partial charge in [-0.3, -0.25) is 4.79 Å². The number of nitrogens with zero attached hydrogens (tertiary/aromatic N) is 3. The van der Waals surface area contributed by atoms with E-state index in [0.717, 1.165) is 6.20 Å². The van der Waals surface area contributed by atoms with Crippen molar-refractivity contribution in [2.24, 2.45) is 0 Å². The zero-order chi connectivity index (χ0) is 21.7. The second-order valence-corrected chi connectivity index (χ2v) is 6.21. The van der Waals surface area contributed by atoms with E-state index in [-0.39, 0.29) is 23.5 Å². The minimum absolute atomic E-state index is 0.105. The highest BCUT2D eigenvalue weighted by atomic mass is 19.4. The lowest BCUT2D eigenvalue weighted by Crippen LogP contribution is -2.39. The van der Waals surface area contributed by atoms with E-state index in [2.05, 4.69) is 27.1 Å². The van der Waals surface area contributed by atoms with E-state index in [9.17, 15) is 18.0 Å². The summed E-state index contributed by atoms with van der Waals surface area (Å²) < 4.78 is 55.0. The minimum Gasteiger partial charge on any atom is -0.496 e. The van der Waals surface area contributed by atoms with Gasteiger partial charge in [-0.1, -0.05) is 5.92 Å². The normalized spacial score (nSPS) is 16.8. The number of hydrogen-bond donors (Lipinski definition) is 1. The van der Waals surface area contributed by atoms with Crippen molar-refractivity contribution < 1.29 is 32.2 Å². The molecule has 1 aromatic heterocycles. The number of aromatic nitrogens is 2. The second kappa shape index (κ2) is 9.04. The quantitative estimate of drug-likeness (QED) is 0.722. The Morgan fingerprint density at radius 1 is 1.27 bits per heavy atom. The van der Waals surface area contributed by atoms with Gasteiger partial charge in [-0.15, -0.1) is 0 Å². The van der Waals surface area contributed by atoms with Gasteiger partial charge >= 0.3 is 6.18 Å². The molecule has 0 radical (unpaired) electrons. The molecule has 0 atom stereocenters. The number of anilines is 1. The van der Waals surface area contributed by atoms with Crippen molar-refractivity contribution in [3.63, 3.8) is 0 Å². The van der Waals surface area contributed by atoms with Gasteiger partial charge in [0, 0.05) is 25.4 Å². The zero-order valence-corrected chi connectivity index (χ0v) is 16.3. The standard InChI is InChI=1S/C19H19F3N4O4/c1-28-14-5-3-4-12(10-15(14)29-2)24-17(27)13-11-23-18(19(20,21)22)25-16(13)26-6-8-30-9-7-26/h10-11H,5-9H2,1-2H3,(H,24,27). The van der Waals surface area contributed by atoms with Crippen molar-refractivity contribution in [2.75, 3.05) is 45.4 Å². The van der Waals surface area contributed by atoms with Crippen molar-refractivity contribution in [2.45, 2.75) is 12.6 Å². The number of carbonyl (C=O) groups excluding carboxylic acids is 1. The van der Waals surface area contributed by atoms with Crippen LogP contribution >= 0.6 is 0 Å². The first kappa shape index (κ1) is 21.4. The zero-order valence-electron chi connectivity index (χ0n) is 16.3. The maximum Gasteiger partial charge on any atom is 0.451 e. The second-order valence-electron chi connectivity index (χ2n) is 6.21. The molecule has 1 fully saturated rings. The van der Waals surface area contributed by atoms with Crippen LogP contribution in [0.5, 0.6) is 0 Å². The van der Waals surface area contributed by atoms with Gasteiger partial charge in [0.2, 0.25) is 5.82 Å². The third-order valence-corrected chi connectivity index (χ3v) is 4.31. The molecule has 0 bridgehead atoms. The van der Waals surface area contributed by atoms with Crippen LogP contribution in [0.3, 0.4) is 0 Å². The van der Waals surface area contributed by atoms with Gasteiger partial charge in [-0.25, -0.2) is 9.97 Å². The summed E-state index contributed by atoms with van der Waals surface area (Å²) in [6, 6.07) is 0. The molecular weight excluding hydrogens is 405 g/mol. The summed E-state index contributed by atoms with van der Waals surface area (Å²) in [7, 11) is 2.91. The van der Waals surface area contributed by atoms with Crippen LogP contribution in [0.15, 0.2) is 29.5 Å². The molecule has 1 aromatic rings.